The van der Waals surface area contributed by atoms with E-state index in [1.165, 1.54) is 6.42 Å². The van der Waals surface area contributed by atoms with Crippen molar-refractivity contribution < 1.29 is 9.53 Å². The van der Waals surface area contributed by atoms with Crippen LogP contribution in [0.2, 0.25) is 0 Å². The van der Waals surface area contributed by atoms with Crippen molar-refractivity contribution in [1.82, 2.24) is 5.32 Å². The Morgan fingerprint density at radius 1 is 1.27 bits per heavy atom. The van der Waals surface area contributed by atoms with Crippen LogP contribution < -0.4 is 15.8 Å². The van der Waals surface area contributed by atoms with Gasteiger partial charge in [0.25, 0.3) is 5.91 Å². The summed E-state index contributed by atoms with van der Waals surface area (Å²) in [4.78, 5) is 12.7. The van der Waals surface area contributed by atoms with Gasteiger partial charge >= 0.3 is 0 Å². The van der Waals surface area contributed by atoms with E-state index in [1.54, 1.807) is 13.2 Å². The van der Waals surface area contributed by atoms with E-state index in [0.29, 0.717) is 23.1 Å². The molecule has 1 aromatic carbocycles. The summed E-state index contributed by atoms with van der Waals surface area (Å²) in [5.41, 5.74) is 7.13. The minimum absolute atomic E-state index is 0.00412. The third-order valence-electron chi connectivity index (χ3n) is 5.82. The van der Waals surface area contributed by atoms with Gasteiger partial charge < -0.3 is 15.8 Å². The van der Waals surface area contributed by atoms with Gasteiger partial charge in [-0.2, -0.15) is 0 Å². The van der Waals surface area contributed by atoms with E-state index < -0.39 is 0 Å². The minimum Gasteiger partial charge on any atom is -0.497 e. The summed E-state index contributed by atoms with van der Waals surface area (Å²) in [6.07, 6.45) is 6.70. The third kappa shape index (κ3) is 2.30. The van der Waals surface area contributed by atoms with Crippen molar-refractivity contribution in [3.05, 3.63) is 29.8 Å². The topological polar surface area (TPSA) is 64.3 Å². The minimum atomic E-state index is -0.0843. The van der Waals surface area contributed by atoms with Gasteiger partial charge in [-0.05, 0) is 68.6 Å². The van der Waals surface area contributed by atoms with E-state index >= 15 is 0 Å². The molecule has 0 aliphatic heterocycles. The lowest BCUT2D eigenvalue weighted by molar-refractivity contribution is -0.0320. The zero-order valence-corrected chi connectivity index (χ0v) is 13.1. The second-order valence-electron chi connectivity index (χ2n) is 7.79. The molecule has 1 aromatic rings. The molecule has 4 saturated carbocycles. The van der Waals surface area contributed by atoms with Gasteiger partial charge in [-0.3, -0.25) is 4.79 Å². The second-order valence-corrected chi connectivity index (χ2v) is 7.79. The molecule has 118 valence electrons. The molecule has 4 heteroatoms. The molecule has 3 N–H and O–H groups in total. The molecule has 22 heavy (non-hydrogen) atoms. The predicted octanol–water partition coefficient (Wildman–Crippen LogP) is 2.48. The highest BCUT2D eigenvalue weighted by molar-refractivity contribution is 5.95. The van der Waals surface area contributed by atoms with Crippen molar-refractivity contribution in [2.24, 2.45) is 17.6 Å². The summed E-state index contributed by atoms with van der Waals surface area (Å²) in [7, 11) is 1.62. The van der Waals surface area contributed by atoms with Gasteiger partial charge in [-0.25, -0.2) is 0 Å². The number of nitrogens with two attached hydrogens (primary N) is 1. The van der Waals surface area contributed by atoms with Gasteiger partial charge in [-0.15, -0.1) is 0 Å². The fraction of sp³-hybridized carbons (Fsp3) is 0.611. The van der Waals surface area contributed by atoms with Gasteiger partial charge in [0.05, 0.1) is 7.11 Å². The third-order valence-corrected chi connectivity index (χ3v) is 5.82. The quantitative estimate of drug-likeness (QED) is 0.901. The maximum absolute atomic E-state index is 12.7. The Bertz CT molecular complexity index is 599. The molecule has 4 bridgehead atoms. The number of hydrogen-bond donors (Lipinski definition) is 2. The van der Waals surface area contributed by atoms with Crippen LogP contribution >= 0.6 is 0 Å². The van der Waals surface area contributed by atoms with Crippen LogP contribution in [0.3, 0.4) is 0 Å². The van der Waals surface area contributed by atoms with E-state index in [4.69, 9.17) is 10.5 Å². The van der Waals surface area contributed by atoms with Gasteiger partial charge in [0.15, 0.2) is 0 Å². The normalized spacial score (nSPS) is 38.8. The maximum atomic E-state index is 12.7. The van der Waals surface area contributed by atoms with Crippen LogP contribution in [0.5, 0.6) is 5.75 Å². The summed E-state index contributed by atoms with van der Waals surface area (Å²) in [5.74, 6) is 2.10. The first-order valence-corrected chi connectivity index (χ1v) is 8.25. The van der Waals surface area contributed by atoms with E-state index in [9.17, 15) is 4.79 Å². The average molecular weight is 300 g/mol. The summed E-state index contributed by atoms with van der Waals surface area (Å²) in [6, 6.07) is 7.36. The molecule has 5 rings (SSSR count). The zero-order chi connectivity index (χ0) is 15.4. The van der Waals surface area contributed by atoms with Gasteiger partial charge in [0.1, 0.15) is 5.75 Å². The smallest absolute Gasteiger partial charge is 0.251 e. The van der Waals surface area contributed by atoms with Crippen molar-refractivity contribution in [3.8, 4) is 5.75 Å². The molecule has 4 nitrogen and oxygen atoms in total. The fourth-order valence-electron chi connectivity index (χ4n) is 5.56. The van der Waals surface area contributed by atoms with Crippen LogP contribution in [0.1, 0.15) is 48.9 Å². The SMILES string of the molecule is COc1cccc(C(=O)NC23CC4CC(CC(N)(C4)C2)C3)c1. The number of methoxy groups -OCH3 is 1. The molecular formula is C18H24N2O2. The van der Waals surface area contributed by atoms with Crippen molar-refractivity contribution in [3.63, 3.8) is 0 Å². The van der Waals surface area contributed by atoms with Gasteiger partial charge in [0, 0.05) is 16.6 Å². The van der Waals surface area contributed by atoms with Crippen molar-refractivity contribution in [1.29, 1.82) is 0 Å². The highest BCUT2D eigenvalue weighted by Crippen LogP contribution is 2.56. The van der Waals surface area contributed by atoms with Crippen molar-refractivity contribution in [2.75, 3.05) is 7.11 Å². The molecule has 0 saturated heterocycles. The van der Waals surface area contributed by atoms with Crippen LogP contribution in [-0.2, 0) is 0 Å². The van der Waals surface area contributed by atoms with E-state index in [1.807, 2.05) is 18.2 Å². The zero-order valence-electron chi connectivity index (χ0n) is 13.1. The first-order chi connectivity index (χ1) is 10.5. The fourth-order valence-corrected chi connectivity index (χ4v) is 5.56. The molecule has 2 atom stereocenters. The Morgan fingerprint density at radius 2 is 2.00 bits per heavy atom. The Kier molecular flexibility index (Phi) is 3.02. The van der Waals surface area contributed by atoms with Crippen LogP contribution in [0, 0.1) is 11.8 Å². The monoisotopic (exact) mass is 300 g/mol. The Labute approximate surface area is 131 Å². The number of carbonyl (C=O) groups is 1. The molecule has 0 aromatic heterocycles. The van der Waals surface area contributed by atoms with Crippen molar-refractivity contribution >= 4 is 5.91 Å². The standard InChI is InChI=1S/C18H24N2O2/c1-22-15-4-2-3-14(6-15)16(21)20-18-9-12-5-13(10-18)8-17(19,7-12)11-18/h2-4,6,12-13H,5,7-11,19H2,1H3,(H,20,21). The van der Waals surface area contributed by atoms with Crippen LogP contribution in [0.15, 0.2) is 24.3 Å². The lowest BCUT2D eigenvalue weighted by Gasteiger charge is -2.61. The Hall–Kier alpha value is -1.55. The highest BCUT2D eigenvalue weighted by atomic mass is 16.5. The molecule has 2 unspecified atom stereocenters. The summed E-state index contributed by atoms with van der Waals surface area (Å²) in [5, 5.41) is 3.34. The number of amides is 1. The first kappa shape index (κ1) is 14.1. The van der Waals surface area contributed by atoms with Crippen molar-refractivity contribution in [2.45, 2.75) is 49.6 Å². The van der Waals surface area contributed by atoms with Gasteiger partial charge in [-0.1, -0.05) is 6.07 Å². The Morgan fingerprint density at radius 3 is 2.64 bits per heavy atom. The number of benzene rings is 1. The van der Waals surface area contributed by atoms with E-state index in [-0.39, 0.29) is 17.0 Å². The molecule has 0 heterocycles. The van der Waals surface area contributed by atoms with Gasteiger partial charge in [0.2, 0.25) is 0 Å². The number of ether oxygens (including phenoxy) is 1. The van der Waals surface area contributed by atoms with Crippen LogP contribution in [-0.4, -0.2) is 24.1 Å². The molecule has 0 radical (unpaired) electrons. The molecule has 1 amide bonds. The van der Waals surface area contributed by atoms with E-state index in [2.05, 4.69) is 5.32 Å². The predicted molar refractivity (Wildman–Crippen MR) is 84.8 cm³/mol. The Balaban J connectivity index is 1.56. The highest BCUT2D eigenvalue weighted by Gasteiger charge is 2.56. The summed E-state index contributed by atoms with van der Waals surface area (Å²) < 4.78 is 5.21. The number of hydrogen-bond acceptors (Lipinski definition) is 3. The van der Waals surface area contributed by atoms with E-state index in [0.717, 1.165) is 32.1 Å². The molecule has 4 aliphatic rings. The number of nitrogens with one attached hydrogen (secondary N) is 1. The molecular weight excluding hydrogens is 276 g/mol. The lowest BCUT2D eigenvalue weighted by atomic mass is 9.50. The summed E-state index contributed by atoms with van der Waals surface area (Å²) in [6.45, 7) is 0. The average Bonchev–Trinajstić information content (AvgIpc) is 2.44. The largest absolute Gasteiger partial charge is 0.497 e. The lowest BCUT2D eigenvalue weighted by Crippen LogP contribution is -2.68. The molecule has 4 fully saturated rings. The first-order valence-electron chi connectivity index (χ1n) is 8.25. The number of carbonyl (C=O) groups excluding carboxylic acids is 1. The second kappa shape index (κ2) is 4.72. The molecule has 0 spiro atoms. The number of rotatable bonds is 3. The maximum Gasteiger partial charge on any atom is 0.251 e. The summed E-state index contributed by atoms with van der Waals surface area (Å²) >= 11 is 0. The molecule has 4 aliphatic carbocycles. The van der Waals surface area contributed by atoms with Crippen LogP contribution in [0.25, 0.3) is 0 Å². The van der Waals surface area contributed by atoms with Crippen LogP contribution in [0.4, 0.5) is 0 Å².